The molecule has 0 aliphatic carbocycles. The molecule has 0 spiro atoms. The third kappa shape index (κ3) is 4.34. The maximum absolute atomic E-state index is 4.64. The Morgan fingerprint density at radius 2 is 2.60 bits per heavy atom. The van der Waals surface area contributed by atoms with Crippen molar-refractivity contribution in [3.63, 3.8) is 0 Å². The molecule has 0 rings (SSSR count). The standard InChI is InChI=1S/C3H5O.Ga/c1-2-3-4;/h2H,1,3H2;/q-1;+1. The zero-order valence-corrected chi connectivity index (χ0v) is 5.40. The van der Waals surface area contributed by atoms with Gasteiger partial charge >= 0.3 is 41.8 Å². The van der Waals surface area contributed by atoms with E-state index in [1.54, 1.807) is 6.08 Å². The van der Waals surface area contributed by atoms with E-state index in [9.17, 15) is 0 Å². The minimum atomic E-state index is 0.681. The van der Waals surface area contributed by atoms with Gasteiger partial charge in [-0.1, -0.05) is 0 Å². The first kappa shape index (κ1) is 5.34. The van der Waals surface area contributed by atoms with Gasteiger partial charge in [0.25, 0.3) is 0 Å². The third-order valence-corrected chi connectivity index (χ3v) is 0.618. The minimum absolute atomic E-state index is 0.681. The first-order valence-corrected chi connectivity index (χ1v) is 2.33. The van der Waals surface area contributed by atoms with Gasteiger partial charge in [-0.3, -0.25) is 0 Å². The van der Waals surface area contributed by atoms with Crippen LogP contribution in [0.4, 0.5) is 0 Å². The zero-order chi connectivity index (χ0) is 4.12. The average molecular weight is 127 g/mol. The molecular weight excluding hydrogens is 122 g/mol. The molecule has 0 fully saturated rings. The molecule has 0 N–H and O–H groups in total. The Bertz CT molecular complexity index is 28.1. The Labute approximate surface area is 42.3 Å². The fourth-order valence-corrected chi connectivity index (χ4v) is 0.354. The monoisotopic (exact) mass is 126 g/mol. The van der Waals surface area contributed by atoms with Crippen molar-refractivity contribution in [2.45, 2.75) is 0 Å². The first-order chi connectivity index (χ1) is 2.41. The SMILES string of the molecule is C=CC[O][Ga]. The van der Waals surface area contributed by atoms with E-state index in [1.807, 2.05) is 0 Å². The van der Waals surface area contributed by atoms with Gasteiger partial charge in [-0.15, -0.1) is 0 Å². The average Bonchev–Trinajstić information content (AvgIpc) is 1.41. The fraction of sp³-hybridized carbons (Fsp3) is 0.333. The van der Waals surface area contributed by atoms with Crippen molar-refractivity contribution in [3.05, 3.63) is 12.7 Å². The van der Waals surface area contributed by atoms with Gasteiger partial charge in [-0.05, 0) is 0 Å². The Balaban J connectivity index is 2.40. The van der Waals surface area contributed by atoms with E-state index < -0.39 is 0 Å². The van der Waals surface area contributed by atoms with Crippen molar-refractivity contribution in [2.75, 3.05) is 6.61 Å². The van der Waals surface area contributed by atoms with E-state index in [1.165, 1.54) is 19.0 Å². The summed E-state index contributed by atoms with van der Waals surface area (Å²) in [4.78, 5) is 0. The van der Waals surface area contributed by atoms with Gasteiger partial charge in [0.2, 0.25) is 0 Å². The molecule has 1 nitrogen and oxygen atoms in total. The molecule has 0 bridgehead atoms. The molecule has 0 aromatic carbocycles. The Morgan fingerprint density at radius 3 is 2.60 bits per heavy atom. The molecular formula is C3H5GaO. The molecule has 26 valence electrons. The van der Waals surface area contributed by atoms with Crippen LogP contribution in [0.5, 0.6) is 0 Å². The molecule has 2 radical (unpaired) electrons. The van der Waals surface area contributed by atoms with Crippen molar-refractivity contribution in [2.24, 2.45) is 0 Å². The second-order valence-corrected chi connectivity index (χ2v) is 1.32. The van der Waals surface area contributed by atoms with Gasteiger partial charge in [0, 0.05) is 0 Å². The van der Waals surface area contributed by atoms with Gasteiger partial charge in [-0.2, -0.15) is 0 Å². The molecule has 0 aromatic heterocycles. The Hall–Kier alpha value is 0.336. The summed E-state index contributed by atoms with van der Waals surface area (Å²) in [7, 11) is 0. The number of hydrogen-bond donors (Lipinski definition) is 0. The second kappa shape index (κ2) is 4.34. The van der Waals surface area contributed by atoms with Crippen molar-refractivity contribution in [1.82, 2.24) is 0 Å². The summed E-state index contributed by atoms with van der Waals surface area (Å²) in [6.07, 6.45) is 1.72. The van der Waals surface area contributed by atoms with Crippen LogP contribution < -0.4 is 0 Å². The van der Waals surface area contributed by atoms with Gasteiger partial charge < -0.3 is 0 Å². The summed E-state index contributed by atoms with van der Waals surface area (Å²) in [5.41, 5.74) is 0. The maximum atomic E-state index is 4.64. The summed E-state index contributed by atoms with van der Waals surface area (Å²) < 4.78 is 4.64. The quantitative estimate of drug-likeness (QED) is 0.382. The summed E-state index contributed by atoms with van der Waals surface area (Å²) >= 11 is 1.27. The van der Waals surface area contributed by atoms with Gasteiger partial charge in [-0.25, -0.2) is 0 Å². The zero-order valence-electron chi connectivity index (χ0n) is 2.98. The van der Waals surface area contributed by atoms with Crippen molar-refractivity contribution in [3.8, 4) is 0 Å². The Kier molecular flexibility index (Phi) is 4.63. The van der Waals surface area contributed by atoms with Gasteiger partial charge in [0.05, 0.1) is 0 Å². The van der Waals surface area contributed by atoms with Crippen LogP contribution in [0.25, 0.3) is 0 Å². The van der Waals surface area contributed by atoms with Gasteiger partial charge in [0.1, 0.15) is 0 Å². The normalized spacial score (nSPS) is 7.20. The van der Waals surface area contributed by atoms with Crippen LogP contribution in [0.3, 0.4) is 0 Å². The third-order valence-electron chi connectivity index (χ3n) is 0.214. The number of hydrogen-bond acceptors (Lipinski definition) is 1. The molecule has 0 saturated heterocycles. The molecule has 0 saturated carbocycles. The summed E-state index contributed by atoms with van der Waals surface area (Å²) in [5, 5.41) is 0. The van der Waals surface area contributed by atoms with Crippen LogP contribution in [0.2, 0.25) is 0 Å². The van der Waals surface area contributed by atoms with Crippen LogP contribution in [0, 0.1) is 0 Å². The van der Waals surface area contributed by atoms with Crippen molar-refractivity contribution in [1.29, 1.82) is 0 Å². The second-order valence-electron chi connectivity index (χ2n) is 0.622. The summed E-state index contributed by atoms with van der Waals surface area (Å²) in [6.45, 7) is 4.12. The van der Waals surface area contributed by atoms with Crippen LogP contribution in [-0.4, -0.2) is 25.6 Å². The van der Waals surface area contributed by atoms with E-state index in [0.29, 0.717) is 6.61 Å². The first-order valence-electron chi connectivity index (χ1n) is 1.34. The van der Waals surface area contributed by atoms with Crippen molar-refractivity contribution >= 4 is 19.0 Å². The molecule has 0 unspecified atom stereocenters. The van der Waals surface area contributed by atoms with Crippen LogP contribution >= 0.6 is 0 Å². The molecule has 5 heavy (non-hydrogen) atoms. The predicted molar refractivity (Wildman–Crippen MR) is 21.9 cm³/mol. The molecule has 0 heterocycles. The van der Waals surface area contributed by atoms with Crippen LogP contribution in [0.15, 0.2) is 12.7 Å². The van der Waals surface area contributed by atoms with Crippen LogP contribution in [-0.2, 0) is 3.53 Å². The van der Waals surface area contributed by atoms with Crippen LogP contribution in [0.1, 0.15) is 0 Å². The molecule has 0 aliphatic heterocycles. The van der Waals surface area contributed by atoms with Crippen molar-refractivity contribution < 1.29 is 3.53 Å². The molecule has 2 heteroatoms. The number of rotatable bonds is 2. The summed E-state index contributed by atoms with van der Waals surface area (Å²) in [5.74, 6) is 0. The molecule has 0 aliphatic rings. The van der Waals surface area contributed by atoms with E-state index in [2.05, 4.69) is 10.1 Å². The van der Waals surface area contributed by atoms with E-state index in [4.69, 9.17) is 0 Å². The molecule has 0 atom stereocenters. The van der Waals surface area contributed by atoms with E-state index >= 15 is 0 Å². The molecule has 0 aromatic rings. The van der Waals surface area contributed by atoms with Gasteiger partial charge in [0.15, 0.2) is 0 Å². The Morgan fingerprint density at radius 1 is 2.00 bits per heavy atom. The van der Waals surface area contributed by atoms with E-state index in [0.717, 1.165) is 0 Å². The predicted octanol–water partition coefficient (Wildman–Crippen LogP) is 0.272. The topological polar surface area (TPSA) is 9.23 Å². The van der Waals surface area contributed by atoms with E-state index in [-0.39, 0.29) is 0 Å². The summed E-state index contributed by atoms with van der Waals surface area (Å²) in [6, 6.07) is 0. The fourth-order valence-electron chi connectivity index (χ4n) is 0.0680. The molecule has 0 amide bonds.